The fourth-order valence-electron chi connectivity index (χ4n) is 4.80. The van der Waals surface area contributed by atoms with E-state index in [0.29, 0.717) is 17.9 Å². The van der Waals surface area contributed by atoms with Crippen molar-refractivity contribution in [3.63, 3.8) is 0 Å². The van der Waals surface area contributed by atoms with E-state index in [2.05, 4.69) is 10.4 Å². The SMILES string of the molecule is Cc1cc(NC(=O)CCN2C(=O)CC3(CCCC3)C2=O)n(C2CCS(=O)(=O)C2)n1. The van der Waals surface area contributed by atoms with Crippen molar-refractivity contribution in [3.8, 4) is 0 Å². The molecule has 4 rings (SSSR count). The van der Waals surface area contributed by atoms with Crippen LogP contribution in [0.2, 0.25) is 0 Å². The van der Waals surface area contributed by atoms with E-state index in [0.717, 1.165) is 25.7 Å². The first-order chi connectivity index (χ1) is 13.7. The largest absolute Gasteiger partial charge is 0.311 e. The maximum atomic E-state index is 12.7. The molecule has 3 fully saturated rings. The number of nitrogens with zero attached hydrogens (tertiary/aromatic N) is 3. The predicted octanol–water partition coefficient (Wildman–Crippen LogP) is 1.20. The quantitative estimate of drug-likeness (QED) is 0.712. The molecule has 3 aliphatic rings. The monoisotopic (exact) mass is 422 g/mol. The third kappa shape index (κ3) is 3.82. The van der Waals surface area contributed by atoms with Crippen LogP contribution in [-0.4, -0.2) is 58.9 Å². The van der Waals surface area contributed by atoms with Crippen molar-refractivity contribution in [3.05, 3.63) is 11.8 Å². The van der Waals surface area contributed by atoms with Gasteiger partial charge in [-0.05, 0) is 26.2 Å². The topological polar surface area (TPSA) is 118 Å². The molecule has 3 heterocycles. The standard InChI is InChI=1S/C19H26N4O5S/c1-13-10-15(23(21-13)14-5-9-29(27,28)12-14)20-16(24)4-8-22-17(25)11-19(18(22)26)6-2-3-7-19/h10,14H,2-9,11-12H2,1H3,(H,20,24). The molecule has 1 N–H and O–H groups in total. The second-order valence-corrected chi connectivity index (χ2v) is 10.7. The summed E-state index contributed by atoms with van der Waals surface area (Å²) in [5.41, 5.74) is 0.148. The highest BCUT2D eigenvalue weighted by atomic mass is 32.2. The molecule has 1 aromatic heterocycles. The van der Waals surface area contributed by atoms with Gasteiger partial charge in [0, 0.05) is 25.5 Å². The lowest BCUT2D eigenvalue weighted by atomic mass is 9.84. The Labute approximate surface area is 169 Å². The Morgan fingerprint density at radius 2 is 2.03 bits per heavy atom. The molecule has 0 bridgehead atoms. The van der Waals surface area contributed by atoms with Gasteiger partial charge in [-0.2, -0.15) is 5.10 Å². The van der Waals surface area contributed by atoms with Crippen LogP contribution in [0.4, 0.5) is 5.82 Å². The number of aryl methyl sites for hydroxylation is 1. The van der Waals surface area contributed by atoms with Crippen LogP contribution in [0.1, 0.15) is 56.7 Å². The Kier molecular flexibility index (Phi) is 5.00. The molecule has 2 saturated heterocycles. The smallest absolute Gasteiger partial charge is 0.235 e. The first kappa shape index (κ1) is 20.1. The van der Waals surface area contributed by atoms with Crippen LogP contribution in [0.3, 0.4) is 0 Å². The van der Waals surface area contributed by atoms with Crippen molar-refractivity contribution < 1.29 is 22.8 Å². The molecule has 1 unspecified atom stereocenters. The van der Waals surface area contributed by atoms with E-state index in [9.17, 15) is 22.8 Å². The van der Waals surface area contributed by atoms with Crippen LogP contribution in [0.15, 0.2) is 6.07 Å². The lowest BCUT2D eigenvalue weighted by molar-refractivity contribution is -0.141. The van der Waals surface area contributed by atoms with Gasteiger partial charge >= 0.3 is 0 Å². The summed E-state index contributed by atoms with van der Waals surface area (Å²) in [6, 6.07) is 1.40. The van der Waals surface area contributed by atoms with Crippen molar-refractivity contribution in [2.45, 2.75) is 57.9 Å². The summed E-state index contributed by atoms with van der Waals surface area (Å²) < 4.78 is 25.1. The predicted molar refractivity (Wildman–Crippen MR) is 105 cm³/mol. The van der Waals surface area contributed by atoms with Crippen LogP contribution >= 0.6 is 0 Å². The summed E-state index contributed by atoms with van der Waals surface area (Å²) in [5, 5.41) is 7.11. The minimum Gasteiger partial charge on any atom is -0.311 e. The number of imide groups is 1. The van der Waals surface area contributed by atoms with Gasteiger partial charge < -0.3 is 5.32 Å². The highest BCUT2D eigenvalue weighted by Gasteiger charge is 2.52. The Morgan fingerprint density at radius 1 is 1.31 bits per heavy atom. The number of anilines is 1. The summed E-state index contributed by atoms with van der Waals surface area (Å²) in [6.45, 7) is 1.84. The molecule has 158 valence electrons. The molecule has 1 saturated carbocycles. The highest BCUT2D eigenvalue weighted by Crippen LogP contribution is 2.46. The Hall–Kier alpha value is -2.23. The zero-order valence-corrected chi connectivity index (χ0v) is 17.3. The zero-order valence-electron chi connectivity index (χ0n) is 16.5. The van der Waals surface area contributed by atoms with Crippen molar-refractivity contribution >= 4 is 33.4 Å². The minimum absolute atomic E-state index is 0.000747. The molecule has 2 aliphatic heterocycles. The third-order valence-corrected chi connectivity index (χ3v) is 8.04. The van der Waals surface area contributed by atoms with Crippen LogP contribution in [0.25, 0.3) is 0 Å². The lowest BCUT2D eigenvalue weighted by Gasteiger charge is -2.20. The van der Waals surface area contributed by atoms with E-state index < -0.39 is 15.3 Å². The number of likely N-dealkylation sites (tertiary alicyclic amines) is 1. The third-order valence-electron chi connectivity index (χ3n) is 6.29. The van der Waals surface area contributed by atoms with Gasteiger partial charge in [0.05, 0.1) is 28.7 Å². The van der Waals surface area contributed by atoms with Gasteiger partial charge in [0.25, 0.3) is 0 Å². The summed E-state index contributed by atoms with van der Waals surface area (Å²) in [7, 11) is -3.08. The molecule has 1 spiro atoms. The summed E-state index contributed by atoms with van der Waals surface area (Å²) >= 11 is 0. The molecule has 10 heteroatoms. The van der Waals surface area contributed by atoms with Gasteiger partial charge in [-0.3, -0.25) is 19.3 Å². The summed E-state index contributed by atoms with van der Waals surface area (Å²) in [4.78, 5) is 38.7. The average molecular weight is 423 g/mol. The molecule has 3 amide bonds. The van der Waals surface area contributed by atoms with Gasteiger partial charge in [0.2, 0.25) is 17.7 Å². The van der Waals surface area contributed by atoms with E-state index in [1.165, 1.54) is 4.90 Å². The summed E-state index contributed by atoms with van der Waals surface area (Å²) in [6.07, 6.45) is 4.16. The number of sulfone groups is 1. The van der Waals surface area contributed by atoms with E-state index >= 15 is 0 Å². The number of aromatic nitrogens is 2. The number of hydrogen-bond donors (Lipinski definition) is 1. The van der Waals surface area contributed by atoms with Crippen LogP contribution < -0.4 is 5.32 Å². The molecule has 0 radical (unpaired) electrons. The van der Waals surface area contributed by atoms with Crippen LogP contribution in [0, 0.1) is 12.3 Å². The maximum Gasteiger partial charge on any atom is 0.235 e. The van der Waals surface area contributed by atoms with E-state index in [-0.39, 0.29) is 54.7 Å². The Bertz CT molecular complexity index is 961. The summed E-state index contributed by atoms with van der Waals surface area (Å²) in [5.74, 6) is -0.0895. The first-order valence-electron chi connectivity index (χ1n) is 10.1. The second kappa shape index (κ2) is 7.23. The molecule has 9 nitrogen and oxygen atoms in total. The highest BCUT2D eigenvalue weighted by molar-refractivity contribution is 7.91. The van der Waals surface area contributed by atoms with E-state index in [1.807, 2.05) is 0 Å². The number of amides is 3. The molecule has 1 aromatic rings. The van der Waals surface area contributed by atoms with Crippen molar-refractivity contribution in [2.75, 3.05) is 23.4 Å². The fraction of sp³-hybridized carbons (Fsp3) is 0.684. The molecule has 0 aromatic carbocycles. The fourth-order valence-corrected chi connectivity index (χ4v) is 6.50. The number of rotatable bonds is 5. The lowest BCUT2D eigenvalue weighted by Crippen LogP contribution is -2.36. The minimum atomic E-state index is -3.08. The van der Waals surface area contributed by atoms with Gasteiger partial charge in [-0.1, -0.05) is 12.8 Å². The van der Waals surface area contributed by atoms with Crippen molar-refractivity contribution in [1.29, 1.82) is 0 Å². The number of hydrogen-bond acceptors (Lipinski definition) is 6. The molecule has 1 aliphatic carbocycles. The van der Waals surface area contributed by atoms with Gasteiger partial charge in [0.1, 0.15) is 5.82 Å². The Morgan fingerprint density at radius 3 is 2.69 bits per heavy atom. The Balaban J connectivity index is 1.38. The molecule has 29 heavy (non-hydrogen) atoms. The zero-order chi connectivity index (χ0) is 20.8. The number of nitrogens with one attached hydrogen (secondary N) is 1. The number of carbonyl (C=O) groups is 3. The second-order valence-electron chi connectivity index (χ2n) is 8.49. The van der Waals surface area contributed by atoms with Crippen LogP contribution in [-0.2, 0) is 24.2 Å². The van der Waals surface area contributed by atoms with Gasteiger partial charge in [-0.25, -0.2) is 13.1 Å². The number of carbonyl (C=O) groups excluding carboxylic acids is 3. The van der Waals surface area contributed by atoms with Crippen LogP contribution in [0.5, 0.6) is 0 Å². The maximum absolute atomic E-state index is 12.7. The van der Waals surface area contributed by atoms with E-state index in [1.54, 1.807) is 17.7 Å². The molecular formula is C19H26N4O5S. The normalized spacial score (nSPS) is 25.3. The van der Waals surface area contributed by atoms with Gasteiger partial charge in [-0.15, -0.1) is 0 Å². The molecular weight excluding hydrogens is 396 g/mol. The first-order valence-corrected chi connectivity index (χ1v) is 11.9. The average Bonchev–Trinajstić information content (AvgIpc) is 3.38. The van der Waals surface area contributed by atoms with Crippen molar-refractivity contribution in [1.82, 2.24) is 14.7 Å². The van der Waals surface area contributed by atoms with E-state index in [4.69, 9.17) is 0 Å². The molecule has 1 atom stereocenters. The van der Waals surface area contributed by atoms with Crippen molar-refractivity contribution in [2.24, 2.45) is 5.41 Å². The van der Waals surface area contributed by atoms with Gasteiger partial charge in [0.15, 0.2) is 9.84 Å².